The second-order valence-corrected chi connectivity index (χ2v) is 2.29. The van der Waals surface area contributed by atoms with Crippen LogP contribution in [0.3, 0.4) is 0 Å². The summed E-state index contributed by atoms with van der Waals surface area (Å²) in [5.41, 5.74) is 6.65. The molecule has 0 aromatic heterocycles. The van der Waals surface area contributed by atoms with Gasteiger partial charge in [-0.2, -0.15) is 0 Å². The third-order valence-corrected chi connectivity index (χ3v) is 1.55. The van der Waals surface area contributed by atoms with Crippen molar-refractivity contribution >= 4 is 0 Å². The van der Waals surface area contributed by atoms with Gasteiger partial charge < -0.3 is 20.7 Å². The van der Waals surface area contributed by atoms with Crippen LogP contribution in [0.1, 0.15) is 0 Å². The van der Waals surface area contributed by atoms with Gasteiger partial charge in [0.1, 0.15) is 12.6 Å². The van der Waals surface area contributed by atoms with Gasteiger partial charge in [-0.15, -0.1) is 0 Å². The Morgan fingerprint density at radius 2 is 2.40 bits per heavy atom. The second kappa shape index (κ2) is 2.79. The van der Waals surface area contributed by atoms with Crippen molar-refractivity contribution < 1.29 is 4.74 Å². The summed E-state index contributed by atoms with van der Waals surface area (Å²) in [5, 5.41) is 2.97. The Balaban J connectivity index is 2.72. The van der Waals surface area contributed by atoms with E-state index in [4.69, 9.17) is 10.5 Å². The minimum atomic E-state index is 0.580. The van der Waals surface area contributed by atoms with E-state index in [0.717, 1.165) is 11.5 Å². The number of rotatable bonds is 1. The van der Waals surface area contributed by atoms with Crippen LogP contribution in [0.5, 0.6) is 0 Å². The minimum Gasteiger partial charge on any atom is -0.387 e. The fourth-order valence-corrected chi connectivity index (χ4v) is 0.859. The lowest BCUT2D eigenvalue weighted by Gasteiger charge is -2.27. The van der Waals surface area contributed by atoms with Gasteiger partial charge in [0.15, 0.2) is 0 Å². The van der Waals surface area contributed by atoms with E-state index < -0.39 is 0 Å². The molecule has 0 amide bonds. The molecule has 1 aliphatic heterocycles. The highest BCUT2D eigenvalue weighted by molar-refractivity contribution is 5.09. The molecule has 0 fully saturated rings. The zero-order chi connectivity index (χ0) is 7.56. The largest absolute Gasteiger partial charge is 0.387 e. The highest BCUT2D eigenvalue weighted by Crippen LogP contribution is 2.06. The molecule has 0 radical (unpaired) electrons. The van der Waals surface area contributed by atoms with Crippen molar-refractivity contribution in [2.75, 3.05) is 27.4 Å². The molecule has 0 aromatic carbocycles. The van der Waals surface area contributed by atoms with E-state index in [1.54, 1.807) is 0 Å². The molecule has 0 bridgehead atoms. The predicted molar refractivity (Wildman–Crippen MR) is 38.9 cm³/mol. The van der Waals surface area contributed by atoms with Crippen molar-refractivity contribution in [1.29, 1.82) is 0 Å². The van der Waals surface area contributed by atoms with Crippen molar-refractivity contribution in [3.8, 4) is 0 Å². The maximum absolute atomic E-state index is 5.70. The molecule has 58 valence electrons. The number of nitrogens with zero attached hydrogens (tertiary/aromatic N) is 1. The van der Waals surface area contributed by atoms with Crippen LogP contribution in [-0.2, 0) is 4.74 Å². The summed E-state index contributed by atoms with van der Waals surface area (Å²) in [6, 6.07) is 0. The molecule has 0 spiro atoms. The number of likely N-dealkylation sites (N-methyl/N-ethyl adjacent to an activating group) is 1. The minimum absolute atomic E-state index is 0.580. The quantitative estimate of drug-likeness (QED) is 0.507. The van der Waals surface area contributed by atoms with Gasteiger partial charge in [0, 0.05) is 14.1 Å². The molecular weight excluding hydrogens is 130 g/mol. The first-order valence-corrected chi connectivity index (χ1v) is 3.21. The lowest BCUT2D eigenvalue weighted by Crippen LogP contribution is -2.36. The summed E-state index contributed by atoms with van der Waals surface area (Å²) in [6.07, 6.45) is 0. The molecule has 4 nitrogen and oxygen atoms in total. The van der Waals surface area contributed by atoms with Crippen molar-refractivity contribution in [2.24, 2.45) is 5.73 Å². The smallest absolute Gasteiger partial charge is 0.122 e. The standard InChI is InChI=1S/C6H13N3O/c1-8-5-3-10-4-9(2)6(5)7/h8H,3-4,7H2,1-2H3. The van der Waals surface area contributed by atoms with E-state index in [1.165, 1.54) is 0 Å². The second-order valence-electron chi connectivity index (χ2n) is 2.29. The molecule has 1 aliphatic rings. The Morgan fingerprint density at radius 3 is 2.90 bits per heavy atom. The van der Waals surface area contributed by atoms with Gasteiger partial charge in [-0.1, -0.05) is 0 Å². The van der Waals surface area contributed by atoms with E-state index in [9.17, 15) is 0 Å². The maximum atomic E-state index is 5.70. The first kappa shape index (κ1) is 7.21. The van der Waals surface area contributed by atoms with Crippen molar-refractivity contribution in [1.82, 2.24) is 10.2 Å². The van der Waals surface area contributed by atoms with Crippen LogP contribution < -0.4 is 11.1 Å². The molecule has 1 rings (SSSR count). The summed E-state index contributed by atoms with van der Waals surface area (Å²) >= 11 is 0. The fourth-order valence-electron chi connectivity index (χ4n) is 0.859. The first-order valence-electron chi connectivity index (χ1n) is 3.21. The lowest BCUT2D eigenvalue weighted by atomic mass is 10.4. The molecule has 0 aromatic rings. The third-order valence-electron chi connectivity index (χ3n) is 1.55. The number of nitrogens with one attached hydrogen (secondary N) is 1. The van der Waals surface area contributed by atoms with Gasteiger partial charge in [0.2, 0.25) is 0 Å². The number of nitrogens with two attached hydrogens (primary N) is 1. The summed E-state index contributed by atoms with van der Waals surface area (Å²) in [5.74, 6) is 0.772. The number of hydrogen-bond acceptors (Lipinski definition) is 4. The Morgan fingerprint density at radius 1 is 1.70 bits per heavy atom. The topological polar surface area (TPSA) is 50.5 Å². The average molecular weight is 143 g/mol. The molecule has 10 heavy (non-hydrogen) atoms. The van der Waals surface area contributed by atoms with Gasteiger partial charge in [0.05, 0.1) is 12.3 Å². The predicted octanol–water partition coefficient (Wildman–Crippen LogP) is -0.747. The van der Waals surface area contributed by atoms with E-state index in [-0.39, 0.29) is 0 Å². The van der Waals surface area contributed by atoms with Crippen LogP contribution in [0.15, 0.2) is 11.5 Å². The Kier molecular flexibility index (Phi) is 2.01. The zero-order valence-corrected chi connectivity index (χ0v) is 6.35. The highest BCUT2D eigenvalue weighted by atomic mass is 16.5. The van der Waals surface area contributed by atoms with Crippen LogP contribution in [0, 0.1) is 0 Å². The summed E-state index contributed by atoms with van der Waals surface area (Å²) in [7, 11) is 3.73. The third kappa shape index (κ3) is 1.16. The molecule has 0 saturated heterocycles. The van der Waals surface area contributed by atoms with Gasteiger partial charge in [-0.05, 0) is 0 Å². The van der Waals surface area contributed by atoms with E-state index in [0.29, 0.717) is 13.3 Å². The van der Waals surface area contributed by atoms with E-state index in [1.807, 2.05) is 19.0 Å². The molecule has 3 N–H and O–H groups in total. The van der Waals surface area contributed by atoms with Crippen molar-refractivity contribution in [2.45, 2.75) is 0 Å². The molecule has 0 atom stereocenters. The fraction of sp³-hybridized carbons (Fsp3) is 0.667. The Hall–Kier alpha value is -0.900. The average Bonchev–Trinajstić information content (AvgIpc) is 1.95. The number of hydrogen-bond donors (Lipinski definition) is 2. The molecule has 4 heteroatoms. The van der Waals surface area contributed by atoms with Crippen LogP contribution in [0.4, 0.5) is 0 Å². The molecule has 0 unspecified atom stereocenters. The lowest BCUT2D eigenvalue weighted by molar-refractivity contribution is 0.0501. The normalized spacial score (nSPS) is 19.6. The van der Waals surface area contributed by atoms with Crippen LogP contribution in [0.25, 0.3) is 0 Å². The van der Waals surface area contributed by atoms with Crippen molar-refractivity contribution in [3.05, 3.63) is 11.5 Å². The SMILES string of the molecule is CNC1=C(N)N(C)COC1. The monoisotopic (exact) mass is 143 g/mol. The first-order chi connectivity index (χ1) is 4.75. The molecule has 0 aliphatic carbocycles. The van der Waals surface area contributed by atoms with E-state index >= 15 is 0 Å². The van der Waals surface area contributed by atoms with Crippen LogP contribution in [-0.4, -0.2) is 32.3 Å². The zero-order valence-electron chi connectivity index (χ0n) is 6.35. The molecule has 1 heterocycles. The highest BCUT2D eigenvalue weighted by Gasteiger charge is 2.12. The van der Waals surface area contributed by atoms with Crippen LogP contribution >= 0.6 is 0 Å². The number of ether oxygens (including phenoxy) is 1. The summed E-state index contributed by atoms with van der Waals surface area (Å²) in [6.45, 7) is 1.17. The van der Waals surface area contributed by atoms with Gasteiger partial charge in [0.25, 0.3) is 0 Å². The molecular formula is C6H13N3O. The van der Waals surface area contributed by atoms with E-state index in [2.05, 4.69) is 5.32 Å². The summed E-state index contributed by atoms with van der Waals surface area (Å²) < 4.78 is 5.18. The maximum Gasteiger partial charge on any atom is 0.122 e. The van der Waals surface area contributed by atoms with Gasteiger partial charge >= 0.3 is 0 Å². The Labute approximate surface area is 60.6 Å². The molecule has 0 saturated carbocycles. The van der Waals surface area contributed by atoms with Crippen molar-refractivity contribution in [3.63, 3.8) is 0 Å². The Bertz CT molecular complexity index is 155. The van der Waals surface area contributed by atoms with Gasteiger partial charge in [-0.25, -0.2) is 0 Å². The summed E-state index contributed by atoms with van der Waals surface area (Å²) in [4.78, 5) is 1.86. The van der Waals surface area contributed by atoms with Crippen LogP contribution in [0.2, 0.25) is 0 Å². The van der Waals surface area contributed by atoms with Gasteiger partial charge in [-0.3, -0.25) is 0 Å².